The van der Waals surface area contributed by atoms with Crippen molar-refractivity contribution in [2.75, 3.05) is 24.7 Å². The number of para-hydroxylation sites is 1. The molecule has 0 bridgehead atoms. The van der Waals surface area contributed by atoms with Crippen molar-refractivity contribution in [3.8, 4) is 0 Å². The number of rotatable bonds is 5. The molecule has 27 heavy (non-hydrogen) atoms. The van der Waals surface area contributed by atoms with Crippen molar-refractivity contribution < 1.29 is 13.2 Å². The minimum atomic E-state index is -3.21. The highest BCUT2D eigenvalue weighted by Gasteiger charge is 2.27. The van der Waals surface area contributed by atoms with E-state index in [1.165, 1.54) is 6.26 Å². The van der Waals surface area contributed by atoms with Crippen molar-refractivity contribution >= 4 is 27.4 Å². The lowest BCUT2D eigenvalue weighted by Crippen LogP contribution is -2.33. The molecule has 2 aromatic carbocycles. The molecule has 0 aromatic heterocycles. The highest BCUT2D eigenvalue weighted by molar-refractivity contribution is 7.90. The third-order valence-electron chi connectivity index (χ3n) is 5.03. The summed E-state index contributed by atoms with van der Waals surface area (Å²) in [4.78, 5) is 15.4. The Morgan fingerprint density at radius 3 is 2.37 bits per heavy atom. The first kappa shape index (κ1) is 19.4. The number of hydrogen-bond acceptors (Lipinski definition) is 4. The van der Waals surface area contributed by atoms with Crippen LogP contribution in [0.2, 0.25) is 0 Å². The summed E-state index contributed by atoms with van der Waals surface area (Å²) in [6.45, 7) is 0.702. The van der Waals surface area contributed by atoms with E-state index in [1.54, 1.807) is 24.3 Å². The van der Waals surface area contributed by atoms with Gasteiger partial charge in [-0.05, 0) is 60.7 Å². The second-order valence-corrected chi connectivity index (χ2v) is 9.20. The third-order valence-corrected chi connectivity index (χ3v) is 6.15. The lowest BCUT2D eigenvalue weighted by Gasteiger charge is -2.28. The first-order valence-electron chi connectivity index (χ1n) is 9.16. The van der Waals surface area contributed by atoms with E-state index in [0.29, 0.717) is 11.4 Å². The van der Waals surface area contributed by atoms with Crippen LogP contribution in [0.25, 0.3) is 6.08 Å². The summed E-state index contributed by atoms with van der Waals surface area (Å²) >= 11 is 0. The van der Waals surface area contributed by atoms with Gasteiger partial charge in [0.15, 0.2) is 15.6 Å². The highest BCUT2D eigenvalue weighted by atomic mass is 32.2. The number of carbonyl (C=O) groups is 1. The number of nitrogens with zero attached hydrogens (tertiary/aromatic N) is 1. The molecule has 0 N–H and O–H groups in total. The molecule has 0 spiro atoms. The van der Waals surface area contributed by atoms with Crippen LogP contribution in [0.1, 0.15) is 24.8 Å². The van der Waals surface area contributed by atoms with Gasteiger partial charge in [-0.15, -0.1) is 0 Å². The normalized spacial score (nSPS) is 19.3. The molecule has 4 nitrogen and oxygen atoms in total. The maximum Gasteiger partial charge on any atom is 0.175 e. The van der Waals surface area contributed by atoms with Gasteiger partial charge in [0.25, 0.3) is 0 Å². The van der Waals surface area contributed by atoms with E-state index in [4.69, 9.17) is 0 Å². The second kappa shape index (κ2) is 8.09. The molecule has 142 valence electrons. The molecule has 0 radical (unpaired) electrons. The van der Waals surface area contributed by atoms with Gasteiger partial charge < -0.3 is 4.90 Å². The Morgan fingerprint density at radius 2 is 1.74 bits per heavy atom. The standard InChI is InChI=1S/C22H25NO3S/c1-23(20-9-4-3-5-10-20)16-19-8-6-7-18(22(19)24)15-17-11-13-21(14-12-17)27(2,25)26/h3-5,9-15,19H,6-8,16H2,1-2H3/b18-15+. The summed E-state index contributed by atoms with van der Waals surface area (Å²) in [5.74, 6) is 0.196. The van der Waals surface area contributed by atoms with Crippen molar-refractivity contribution in [1.82, 2.24) is 0 Å². The van der Waals surface area contributed by atoms with E-state index in [1.807, 2.05) is 43.5 Å². The predicted octanol–water partition coefficient (Wildman–Crippen LogP) is 3.98. The number of ketones is 1. The maximum atomic E-state index is 12.9. The monoisotopic (exact) mass is 383 g/mol. The van der Waals surface area contributed by atoms with Crippen LogP contribution in [-0.4, -0.2) is 34.0 Å². The largest absolute Gasteiger partial charge is 0.374 e. The van der Waals surface area contributed by atoms with E-state index in [0.717, 1.165) is 36.1 Å². The zero-order valence-corrected chi connectivity index (χ0v) is 16.6. The fourth-order valence-electron chi connectivity index (χ4n) is 3.50. The Bertz CT molecular complexity index is 931. The van der Waals surface area contributed by atoms with Gasteiger partial charge in [0.2, 0.25) is 0 Å². The Kier molecular flexibility index (Phi) is 5.80. The van der Waals surface area contributed by atoms with Crippen LogP contribution in [0.4, 0.5) is 5.69 Å². The molecule has 1 aliphatic carbocycles. The zero-order valence-electron chi connectivity index (χ0n) is 15.8. The fraction of sp³-hybridized carbons (Fsp3) is 0.318. The van der Waals surface area contributed by atoms with Gasteiger partial charge >= 0.3 is 0 Å². The fourth-order valence-corrected chi connectivity index (χ4v) is 4.13. The van der Waals surface area contributed by atoms with Gasteiger partial charge in [0.05, 0.1) is 4.90 Å². The Morgan fingerprint density at radius 1 is 1.07 bits per heavy atom. The zero-order chi connectivity index (χ0) is 19.4. The van der Waals surface area contributed by atoms with Crippen LogP contribution in [0.3, 0.4) is 0 Å². The van der Waals surface area contributed by atoms with Crippen molar-refractivity contribution in [3.05, 3.63) is 65.7 Å². The molecule has 1 saturated carbocycles. The van der Waals surface area contributed by atoms with Crippen LogP contribution in [-0.2, 0) is 14.6 Å². The molecule has 0 heterocycles. The molecule has 3 rings (SSSR count). The number of allylic oxidation sites excluding steroid dienone is 1. The van der Waals surface area contributed by atoms with E-state index in [9.17, 15) is 13.2 Å². The first-order chi connectivity index (χ1) is 12.8. The molecule has 1 fully saturated rings. The molecule has 1 unspecified atom stereocenters. The lowest BCUT2D eigenvalue weighted by atomic mass is 9.83. The summed E-state index contributed by atoms with van der Waals surface area (Å²) in [5.41, 5.74) is 2.81. The van der Waals surface area contributed by atoms with Crippen LogP contribution < -0.4 is 4.90 Å². The predicted molar refractivity (Wildman–Crippen MR) is 110 cm³/mol. The first-order valence-corrected chi connectivity index (χ1v) is 11.0. The topological polar surface area (TPSA) is 54.5 Å². The van der Waals surface area contributed by atoms with Crippen LogP contribution in [0, 0.1) is 5.92 Å². The van der Waals surface area contributed by atoms with Gasteiger partial charge in [0.1, 0.15) is 0 Å². The van der Waals surface area contributed by atoms with Crippen LogP contribution in [0.5, 0.6) is 0 Å². The number of Topliss-reactive ketones (excluding diaryl/α,β-unsaturated/α-hetero) is 1. The lowest BCUT2D eigenvalue weighted by molar-refractivity contribution is -0.120. The summed E-state index contributed by atoms with van der Waals surface area (Å²) in [7, 11) is -1.19. The second-order valence-electron chi connectivity index (χ2n) is 7.18. The smallest absolute Gasteiger partial charge is 0.175 e. The molecular formula is C22H25NO3S. The minimum absolute atomic E-state index is 0.00880. The van der Waals surface area contributed by atoms with Crippen molar-refractivity contribution in [2.45, 2.75) is 24.2 Å². The number of anilines is 1. The van der Waals surface area contributed by atoms with Gasteiger partial charge in [-0.2, -0.15) is 0 Å². The maximum absolute atomic E-state index is 12.9. The Hall–Kier alpha value is -2.40. The van der Waals surface area contributed by atoms with Gasteiger partial charge in [-0.25, -0.2) is 8.42 Å². The number of sulfone groups is 1. The molecule has 2 aromatic rings. The number of hydrogen-bond donors (Lipinski definition) is 0. The third kappa shape index (κ3) is 4.86. The minimum Gasteiger partial charge on any atom is -0.374 e. The van der Waals surface area contributed by atoms with Crippen molar-refractivity contribution in [2.24, 2.45) is 5.92 Å². The molecule has 5 heteroatoms. The quantitative estimate of drug-likeness (QED) is 0.733. The number of carbonyl (C=O) groups excluding carboxylic acids is 1. The van der Waals surface area contributed by atoms with Crippen LogP contribution >= 0.6 is 0 Å². The summed E-state index contributed by atoms with van der Waals surface area (Å²) in [6.07, 6.45) is 5.77. The van der Waals surface area contributed by atoms with E-state index < -0.39 is 9.84 Å². The van der Waals surface area contributed by atoms with Crippen LogP contribution in [0.15, 0.2) is 65.1 Å². The molecule has 0 amide bonds. The molecule has 0 aliphatic heterocycles. The van der Waals surface area contributed by atoms with E-state index in [-0.39, 0.29) is 11.7 Å². The van der Waals surface area contributed by atoms with Crippen molar-refractivity contribution in [3.63, 3.8) is 0 Å². The van der Waals surface area contributed by atoms with Crippen molar-refractivity contribution in [1.29, 1.82) is 0 Å². The van der Waals surface area contributed by atoms with Gasteiger partial charge in [-0.1, -0.05) is 30.3 Å². The Balaban J connectivity index is 1.73. The number of benzene rings is 2. The Labute approximate surface area is 161 Å². The molecule has 1 atom stereocenters. The van der Waals surface area contributed by atoms with Gasteiger partial charge in [0, 0.05) is 31.5 Å². The molecule has 1 aliphatic rings. The summed E-state index contributed by atoms with van der Waals surface area (Å²) < 4.78 is 23.1. The van der Waals surface area contributed by atoms with E-state index in [2.05, 4.69) is 4.90 Å². The average molecular weight is 384 g/mol. The SMILES string of the molecule is CN(CC1CCC/C(=C\c2ccc(S(C)(=O)=O)cc2)C1=O)c1ccccc1. The average Bonchev–Trinajstić information content (AvgIpc) is 2.65. The van der Waals surface area contributed by atoms with Gasteiger partial charge in [-0.3, -0.25) is 4.79 Å². The highest BCUT2D eigenvalue weighted by Crippen LogP contribution is 2.28. The summed E-state index contributed by atoms with van der Waals surface area (Å²) in [5, 5.41) is 0. The molecule has 0 saturated heterocycles. The molecular weight excluding hydrogens is 358 g/mol. The van der Waals surface area contributed by atoms with E-state index >= 15 is 0 Å². The summed E-state index contributed by atoms with van der Waals surface area (Å²) in [6, 6.07) is 16.8.